The van der Waals surface area contributed by atoms with Gasteiger partial charge in [0.15, 0.2) is 0 Å². The van der Waals surface area contributed by atoms with E-state index in [0.717, 1.165) is 24.8 Å². The number of ether oxygens (including phenoxy) is 1. The van der Waals surface area contributed by atoms with Crippen LogP contribution in [0.1, 0.15) is 35.3 Å². The lowest BCUT2D eigenvalue weighted by Crippen LogP contribution is -2.46. The number of nitrogens with zero attached hydrogens (tertiary/aromatic N) is 1. The summed E-state index contributed by atoms with van der Waals surface area (Å²) in [5.41, 5.74) is 0.738. The normalized spacial score (nSPS) is 26.6. The van der Waals surface area contributed by atoms with Gasteiger partial charge in [-0.25, -0.2) is 14.6 Å². The zero-order valence-electron chi connectivity index (χ0n) is 11.4. The molecule has 112 valence electrons. The molecule has 1 aromatic rings. The number of urea groups is 1. The number of hydrogen-bond acceptors (Lipinski definition) is 4. The Bertz CT molecular complexity index is 546. The van der Waals surface area contributed by atoms with Crippen LogP contribution in [0.4, 0.5) is 4.79 Å². The monoisotopic (exact) mass is 291 g/mol. The first-order valence-electron chi connectivity index (χ1n) is 7.00. The van der Waals surface area contributed by atoms with Crippen molar-refractivity contribution in [1.82, 2.24) is 15.6 Å². The fourth-order valence-corrected chi connectivity index (χ4v) is 2.85. The highest BCUT2D eigenvalue weighted by molar-refractivity contribution is 5.85. The molecular weight excluding hydrogens is 274 g/mol. The Balaban J connectivity index is 1.46. The van der Waals surface area contributed by atoms with Gasteiger partial charge in [-0.2, -0.15) is 0 Å². The van der Waals surface area contributed by atoms with E-state index >= 15 is 0 Å². The second-order valence-corrected chi connectivity index (χ2v) is 5.40. The van der Waals surface area contributed by atoms with Crippen molar-refractivity contribution < 1.29 is 19.4 Å². The molecule has 0 aliphatic carbocycles. The molecule has 3 atom stereocenters. The predicted molar refractivity (Wildman–Crippen MR) is 72.9 cm³/mol. The van der Waals surface area contributed by atoms with Gasteiger partial charge >= 0.3 is 12.0 Å². The number of carbonyl (C=O) groups excluding carboxylic acids is 1. The summed E-state index contributed by atoms with van der Waals surface area (Å²) in [6, 6.07) is 2.91. The van der Waals surface area contributed by atoms with E-state index in [-0.39, 0.29) is 23.9 Å². The largest absolute Gasteiger partial charge is 0.477 e. The molecule has 0 saturated carbocycles. The summed E-state index contributed by atoms with van der Waals surface area (Å²) < 4.78 is 5.68. The van der Waals surface area contributed by atoms with E-state index in [4.69, 9.17) is 9.84 Å². The number of fused-ring (bicyclic) bond motifs is 2. The molecule has 0 aromatic carbocycles. The third kappa shape index (κ3) is 3.13. The number of hydrogen-bond donors (Lipinski definition) is 3. The van der Waals surface area contributed by atoms with Gasteiger partial charge < -0.3 is 20.5 Å². The van der Waals surface area contributed by atoms with Gasteiger partial charge in [-0.15, -0.1) is 0 Å². The number of carbonyl (C=O) groups is 2. The quantitative estimate of drug-likeness (QED) is 0.765. The number of nitrogens with one attached hydrogen (secondary N) is 2. The lowest BCUT2D eigenvalue weighted by atomic mass is 9.96. The minimum absolute atomic E-state index is 0.0117. The van der Waals surface area contributed by atoms with Crippen LogP contribution in [0.25, 0.3) is 0 Å². The first kappa shape index (κ1) is 13.8. The summed E-state index contributed by atoms with van der Waals surface area (Å²) in [6.07, 6.45) is 4.88. The summed E-state index contributed by atoms with van der Waals surface area (Å²) in [5.74, 6) is -1.07. The second-order valence-electron chi connectivity index (χ2n) is 5.40. The van der Waals surface area contributed by atoms with E-state index in [1.165, 1.54) is 12.3 Å². The number of carboxylic acid groups (broad SMARTS) is 1. The first-order chi connectivity index (χ1) is 10.1. The van der Waals surface area contributed by atoms with Crippen molar-refractivity contribution >= 4 is 12.0 Å². The average Bonchev–Trinajstić information content (AvgIpc) is 3.08. The zero-order valence-corrected chi connectivity index (χ0v) is 11.4. The van der Waals surface area contributed by atoms with Crippen molar-refractivity contribution in [3.05, 3.63) is 29.6 Å². The summed E-state index contributed by atoms with van der Waals surface area (Å²) in [7, 11) is 0. The van der Waals surface area contributed by atoms with Crippen molar-refractivity contribution in [3.63, 3.8) is 0 Å². The Hall–Kier alpha value is -2.15. The van der Waals surface area contributed by atoms with E-state index in [2.05, 4.69) is 15.6 Å². The molecule has 1 aromatic heterocycles. The van der Waals surface area contributed by atoms with Crippen LogP contribution >= 0.6 is 0 Å². The van der Waals surface area contributed by atoms with Crippen LogP contribution in [0.5, 0.6) is 0 Å². The number of aromatic carboxylic acids is 1. The van der Waals surface area contributed by atoms with Crippen molar-refractivity contribution in [3.8, 4) is 0 Å². The van der Waals surface area contributed by atoms with E-state index in [1.54, 1.807) is 6.07 Å². The molecular formula is C14H17N3O4. The topological polar surface area (TPSA) is 101 Å². The van der Waals surface area contributed by atoms with Crippen molar-refractivity contribution in [2.45, 2.75) is 44.1 Å². The predicted octanol–water partition coefficient (Wildman–Crippen LogP) is 0.899. The number of aromatic nitrogens is 1. The van der Waals surface area contributed by atoms with Gasteiger partial charge in [0, 0.05) is 12.7 Å². The highest BCUT2D eigenvalue weighted by atomic mass is 16.5. The molecule has 2 aliphatic heterocycles. The maximum atomic E-state index is 11.8. The zero-order chi connectivity index (χ0) is 14.8. The highest BCUT2D eigenvalue weighted by Crippen LogP contribution is 2.34. The fraction of sp³-hybridized carbons (Fsp3) is 0.500. The van der Waals surface area contributed by atoms with Crippen LogP contribution in [0.15, 0.2) is 18.3 Å². The van der Waals surface area contributed by atoms with E-state index in [0.29, 0.717) is 12.6 Å². The summed E-state index contributed by atoms with van der Waals surface area (Å²) >= 11 is 0. The molecule has 0 spiro atoms. The Morgan fingerprint density at radius 3 is 2.81 bits per heavy atom. The fourth-order valence-electron chi connectivity index (χ4n) is 2.85. The third-order valence-corrected chi connectivity index (χ3v) is 3.92. The standard InChI is InChI=1S/C14H17N3O4/c18-13(19)10-3-1-8(6-15-10)7-16-14(20)17-11-5-9-2-4-12(11)21-9/h1,3,6,9,11-12H,2,4-5,7H2,(H,18,19)(H2,16,17,20). The van der Waals surface area contributed by atoms with Crippen LogP contribution in [-0.2, 0) is 11.3 Å². The molecule has 21 heavy (non-hydrogen) atoms. The van der Waals surface area contributed by atoms with Gasteiger partial charge in [-0.3, -0.25) is 0 Å². The van der Waals surface area contributed by atoms with Crippen LogP contribution in [-0.4, -0.2) is 40.3 Å². The molecule has 7 heteroatoms. The van der Waals surface area contributed by atoms with E-state index in [9.17, 15) is 9.59 Å². The van der Waals surface area contributed by atoms with E-state index < -0.39 is 5.97 Å². The minimum atomic E-state index is -1.07. The lowest BCUT2D eigenvalue weighted by molar-refractivity contribution is 0.0690. The Morgan fingerprint density at radius 2 is 2.24 bits per heavy atom. The van der Waals surface area contributed by atoms with Crippen LogP contribution in [0.3, 0.4) is 0 Å². The lowest BCUT2D eigenvalue weighted by Gasteiger charge is -2.20. The molecule has 3 heterocycles. The maximum Gasteiger partial charge on any atom is 0.354 e. The molecule has 2 saturated heterocycles. The maximum absolute atomic E-state index is 11.8. The summed E-state index contributed by atoms with van der Waals surface area (Å²) in [4.78, 5) is 26.3. The van der Waals surface area contributed by atoms with Gasteiger partial charge in [-0.1, -0.05) is 6.07 Å². The van der Waals surface area contributed by atoms with Gasteiger partial charge in [0.2, 0.25) is 0 Å². The van der Waals surface area contributed by atoms with E-state index in [1.807, 2.05) is 0 Å². The Labute approximate surface area is 121 Å². The van der Waals surface area contributed by atoms with Gasteiger partial charge in [0.05, 0.1) is 18.2 Å². The highest BCUT2D eigenvalue weighted by Gasteiger charge is 2.41. The second kappa shape index (κ2) is 5.69. The molecule has 2 fully saturated rings. The van der Waals surface area contributed by atoms with Gasteiger partial charge in [-0.05, 0) is 30.9 Å². The van der Waals surface area contributed by atoms with Crippen molar-refractivity contribution in [1.29, 1.82) is 0 Å². The van der Waals surface area contributed by atoms with Gasteiger partial charge in [0.25, 0.3) is 0 Å². The minimum Gasteiger partial charge on any atom is -0.477 e. The van der Waals surface area contributed by atoms with Crippen LogP contribution < -0.4 is 10.6 Å². The van der Waals surface area contributed by atoms with Crippen molar-refractivity contribution in [2.75, 3.05) is 0 Å². The molecule has 3 unspecified atom stereocenters. The number of pyridine rings is 1. The molecule has 3 N–H and O–H groups in total. The summed E-state index contributed by atoms with van der Waals surface area (Å²) in [6.45, 7) is 0.306. The average molecular weight is 291 g/mol. The Morgan fingerprint density at radius 1 is 1.38 bits per heavy atom. The summed E-state index contributed by atoms with van der Waals surface area (Å²) in [5, 5.41) is 14.4. The molecule has 2 bridgehead atoms. The third-order valence-electron chi connectivity index (χ3n) is 3.92. The first-order valence-corrected chi connectivity index (χ1v) is 7.00. The number of rotatable bonds is 4. The van der Waals surface area contributed by atoms with Crippen LogP contribution in [0.2, 0.25) is 0 Å². The molecule has 0 radical (unpaired) electrons. The molecule has 2 aliphatic rings. The molecule has 7 nitrogen and oxygen atoms in total. The van der Waals surface area contributed by atoms with Gasteiger partial charge in [0.1, 0.15) is 5.69 Å². The molecule has 2 amide bonds. The SMILES string of the molecule is O=C(NCc1ccc(C(=O)O)nc1)NC1CC2CCC1O2. The smallest absolute Gasteiger partial charge is 0.354 e. The van der Waals surface area contributed by atoms with Crippen molar-refractivity contribution in [2.24, 2.45) is 0 Å². The number of amides is 2. The molecule has 3 rings (SSSR count). The number of carboxylic acids is 1. The van der Waals surface area contributed by atoms with Crippen LogP contribution in [0, 0.1) is 0 Å². The Kier molecular flexibility index (Phi) is 3.74.